The molecule has 14 heavy (non-hydrogen) atoms. The van der Waals surface area contributed by atoms with Crippen molar-refractivity contribution in [3.63, 3.8) is 0 Å². The van der Waals surface area contributed by atoms with Crippen molar-refractivity contribution < 1.29 is 13.5 Å². The third-order valence-electron chi connectivity index (χ3n) is 1.55. The van der Waals surface area contributed by atoms with E-state index >= 15 is 0 Å². The third-order valence-corrected chi connectivity index (χ3v) is 3.17. The zero-order valence-electron chi connectivity index (χ0n) is 7.56. The van der Waals surface area contributed by atoms with Gasteiger partial charge in [-0.2, -0.15) is 5.10 Å². The Labute approximate surface area is 81.4 Å². The van der Waals surface area contributed by atoms with Gasteiger partial charge in [0.2, 0.25) is 10.0 Å². The summed E-state index contributed by atoms with van der Waals surface area (Å²) in [5.74, 6) is -0.0253. The Kier molecular flexibility index (Phi) is 3.09. The molecule has 0 aliphatic rings. The number of rotatable bonds is 4. The maximum atomic E-state index is 11.5. The summed E-state index contributed by atoms with van der Waals surface area (Å²) in [7, 11) is -3.69. The standard InChI is InChI=1S/C6H12N4O3S/c1-4(3-11)10-14(12,13)5-2-8-9-6(5)7/h2,4,10-11H,3H2,1H3,(H3,7,8,9). The summed E-state index contributed by atoms with van der Waals surface area (Å²) in [6, 6.07) is -0.561. The molecule has 5 N–H and O–H groups in total. The van der Waals surface area contributed by atoms with Crippen molar-refractivity contribution in [1.82, 2.24) is 14.9 Å². The molecule has 8 heteroatoms. The fraction of sp³-hybridized carbons (Fsp3) is 0.500. The quantitative estimate of drug-likeness (QED) is 0.500. The van der Waals surface area contributed by atoms with Crippen LogP contribution in [0.2, 0.25) is 0 Å². The smallest absolute Gasteiger partial charge is 0.246 e. The van der Waals surface area contributed by atoms with Crippen LogP contribution < -0.4 is 10.5 Å². The minimum Gasteiger partial charge on any atom is -0.395 e. The number of hydrogen-bond acceptors (Lipinski definition) is 5. The minimum absolute atomic E-state index is 0.0253. The van der Waals surface area contributed by atoms with Crippen LogP contribution in [0.25, 0.3) is 0 Å². The SMILES string of the molecule is CC(CO)NS(=O)(=O)c1cn[nH]c1N. The predicted octanol–water partition coefficient (Wildman–Crippen LogP) is -1.35. The molecule has 80 valence electrons. The molecule has 0 amide bonds. The van der Waals surface area contributed by atoms with Crippen molar-refractivity contribution in [2.45, 2.75) is 17.9 Å². The Hall–Kier alpha value is -1.12. The number of sulfonamides is 1. The van der Waals surface area contributed by atoms with Gasteiger partial charge in [0, 0.05) is 6.04 Å². The molecule has 0 spiro atoms. The minimum atomic E-state index is -3.69. The van der Waals surface area contributed by atoms with Crippen molar-refractivity contribution in [3.05, 3.63) is 6.20 Å². The molecule has 0 saturated heterocycles. The van der Waals surface area contributed by atoms with Crippen molar-refractivity contribution >= 4 is 15.8 Å². The maximum Gasteiger partial charge on any atom is 0.246 e. The fourth-order valence-corrected chi connectivity index (χ4v) is 2.12. The highest BCUT2D eigenvalue weighted by Crippen LogP contribution is 2.13. The number of nitrogens with two attached hydrogens (primary N) is 1. The van der Waals surface area contributed by atoms with Crippen LogP contribution in [-0.2, 0) is 10.0 Å². The molecule has 0 bridgehead atoms. The summed E-state index contributed by atoms with van der Waals surface area (Å²) in [6.07, 6.45) is 1.11. The molecule has 1 heterocycles. The molecule has 0 aliphatic heterocycles. The molecule has 7 nitrogen and oxygen atoms in total. The summed E-state index contributed by atoms with van der Waals surface area (Å²) in [6.45, 7) is 1.25. The van der Waals surface area contributed by atoms with Crippen LogP contribution in [0.5, 0.6) is 0 Å². The van der Waals surface area contributed by atoms with E-state index in [4.69, 9.17) is 10.8 Å². The molecule has 1 rings (SSSR count). The zero-order chi connectivity index (χ0) is 10.8. The first-order chi connectivity index (χ1) is 6.47. The fourth-order valence-electron chi connectivity index (χ4n) is 0.865. The van der Waals surface area contributed by atoms with Gasteiger partial charge in [-0.15, -0.1) is 0 Å². The van der Waals surface area contributed by atoms with Gasteiger partial charge in [0.1, 0.15) is 10.7 Å². The average Bonchev–Trinajstić information content (AvgIpc) is 2.51. The van der Waals surface area contributed by atoms with Gasteiger partial charge in [-0.05, 0) is 6.92 Å². The summed E-state index contributed by atoms with van der Waals surface area (Å²) in [5, 5.41) is 14.5. The maximum absolute atomic E-state index is 11.5. The predicted molar refractivity (Wildman–Crippen MR) is 49.9 cm³/mol. The van der Waals surface area contributed by atoms with Gasteiger partial charge in [0.05, 0.1) is 12.8 Å². The van der Waals surface area contributed by atoms with Gasteiger partial charge in [-0.25, -0.2) is 13.1 Å². The van der Waals surface area contributed by atoms with Gasteiger partial charge >= 0.3 is 0 Å². The highest BCUT2D eigenvalue weighted by Gasteiger charge is 2.20. The Morgan fingerprint density at radius 2 is 2.43 bits per heavy atom. The van der Waals surface area contributed by atoms with Gasteiger partial charge < -0.3 is 10.8 Å². The molecular formula is C6H12N4O3S. The molecule has 1 unspecified atom stereocenters. The number of nitrogens with zero attached hydrogens (tertiary/aromatic N) is 1. The van der Waals surface area contributed by atoms with Gasteiger partial charge in [-0.3, -0.25) is 5.10 Å². The second-order valence-electron chi connectivity index (χ2n) is 2.85. The largest absolute Gasteiger partial charge is 0.395 e. The van der Waals surface area contributed by atoms with Crippen LogP contribution in [0, 0.1) is 0 Å². The van der Waals surface area contributed by atoms with Crippen LogP contribution in [0.1, 0.15) is 6.92 Å². The first kappa shape index (κ1) is 11.0. The van der Waals surface area contributed by atoms with E-state index in [1.165, 1.54) is 6.92 Å². The van der Waals surface area contributed by atoms with Gasteiger partial charge in [0.25, 0.3) is 0 Å². The number of aliphatic hydroxyl groups is 1. The van der Waals surface area contributed by atoms with Crippen LogP contribution in [-0.4, -0.2) is 36.4 Å². The van der Waals surface area contributed by atoms with E-state index in [0.717, 1.165) is 6.20 Å². The number of hydrogen-bond donors (Lipinski definition) is 4. The number of aromatic nitrogens is 2. The second-order valence-corrected chi connectivity index (χ2v) is 4.54. The van der Waals surface area contributed by atoms with Crippen LogP contribution in [0.15, 0.2) is 11.1 Å². The lowest BCUT2D eigenvalue weighted by Gasteiger charge is -2.10. The van der Waals surface area contributed by atoms with E-state index in [1.54, 1.807) is 0 Å². The Morgan fingerprint density at radius 3 is 2.86 bits per heavy atom. The van der Waals surface area contributed by atoms with Gasteiger partial charge in [0.15, 0.2) is 0 Å². The summed E-state index contributed by atoms with van der Waals surface area (Å²) in [4.78, 5) is -0.113. The molecule has 1 aromatic heterocycles. The average molecular weight is 220 g/mol. The zero-order valence-corrected chi connectivity index (χ0v) is 8.37. The molecule has 1 atom stereocenters. The van der Waals surface area contributed by atoms with Crippen LogP contribution in [0.3, 0.4) is 0 Å². The first-order valence-electron chi connectivity index (χ1n) is 3.89. The lowest BCUT2D eigenvalue weighted by atomic mass is 10.4. The number of nitrogen functional groups attached to an aromatic ring is 1. The lowest BCUT2D eigenvalue weighted by Crippen LogP contribution is -2.35. The third kappa shape index (κ3) is 2.22. The molecule has 0 saturated carbocycles. The highest BCUT2D eigenvalue weighted by atomic mass is 32.2. The van der Waals surface area contributed by atoms with Crippen molar-refractivity contribution in [2.75, 3.05) is 12.3 Å². The molecule has 0 fully saturated rings. The Morgan fingerprint density at radius 1 is 1.79 bits per heavy atom. The van der Waals surface area contributed by atoms with Gasteiger partial charge in [-0.1, -0.05) is 0 Å². The summed E-state index contributed by atoms with van der Waals surface area (Å²) < 4.78 is 25.3. The van der Waals surface area contributed by atoms with E-state index in [-0.39, 0.29) is 17.3 Å². The summed E-state index contributed by atoms with van der Waals surface area (Å²) >= 11 is 0. The number of anilines is 1. The lowest BCUT2D eigenvalue weighted by molar-refractivity contribution is 0.265. The topological polar surface area (TPSA) is 121 Å². The van der Waals surface area contributed by atoms with Crippen LogP contribution in [0.4, 0.5) is 5.82 Å². The highest BCUT2D eigenvalue weighted by molar-refractivity contribution is 7.89. The van der Waals surface area contributed by atoms with E-state index < -0.39 is 16.1 Å². The number of aromatic amines is 1. The Balaban J connectivity index is 2.92. The number of nitrogens with one attached hydrogen (secondary N) is 2. The van der Waals surface area contributed by atoms with Crippen molar-refractivity contribution in [3.8, 4) is 0 Å². The number of H-pyrrole nitrogens is 1. The normalized spacial score (nSPS) is 14.1. The molecule has 0 radical (unpaired) electrons. The first-order valence-corrected chi connectivity index (χ1v) is 5.37. The number of aliphatic hydroxyl groups excluding tert-OH is 1. The van der Waals surface area contributed by atoms with Crippen molar-refractivity contribution in [1.29, 1.82) is 0 Å². The van der Waals surface area contributed by atoms with E-state index in [2.05, 4.69) is 14.9 Å². The van der Waals surface area contributed by atoms with E-state index in [1.807, 2.05) is 0 Å². The second kappa shape index (κ2) is 3.95. The van der Waals surface area contributed by atoms with E-state index in [9.17, 15) is 8.42 Å². The molecule has 0 aliphatic carbocycles. The molecule has 0 aromatic carbocycles. The monoisotopic (exact) mass is 220 g/mol. The Bertz CT molecular complexity index is 399. The van der Waals surface area contributed by atoms with Crippen LogP contribution >= 0.6 is 0 Å². The summed E-state index contributed by atoms with van der Waals surface area (Å²) in [5.41, 5.74) is 5.34. The molecular weight excluding hydrogens is 208 g/mol. The molecule has 1 aromatic rings. The van der Waals surface area contributed by atoms with E-state index in [0.29, 0.717) is 0 Å². The van der Waals surface area contributed by atoms with Crippen molar-refractivity contribution in [2.24, 2.45) is 0 Å².